The van der Waals surface area contributed by atoms with Crippen molar-refractivity contribution in [3.63, 3.8) is 0 Å². The molecule has 17 heavy (non-hydrogen) atoms. The molecule has 1 N–H and O–H groups in total. The maximum atomic E-state index is 10.6. The van der Waals surface area contributed by atoms with Gasteiger partial charge in [0.15, 0.2) is 0 Å². The minimum Gasteiger partial charge on any atom is -0.390 e. The fraction of sp³-hybridized carbons (Fsp3) is 1.00. The first-order chi connectivity index (χ1) is 8.26. The zero-order valence-electron chi connectivity index (χ0n) is 10.7. The smallest absolute Gasteiger partial charge is 0.0700 e. The number of hydrogen-bond acceptors (Lipinski definition) is 3. The van der Waals surface area contributed by atoms with Crippen molar-refractivity contribution in [1.29, 1.82) is 0 Å². The Labute approximate surface area is 104 Å². The monoisotopic (exact) mass is 239 g/mol. The minimum absolute atomic E-state index is 0.319. The van der Waals surface area contributed by atoms with Crippen molar-refractivity contribution in [2.75, 3.05) is 32.8 Å². The third-order valence-electron chi connectivity index (χ3n) is 5.05. The van der Waals surface area contributed by atoms with Crippen LogP contribution in [0.25, 0.3) is 0 Å². The van der Waals surface area contributed by atoms with Gasteiger partial charge in [-0.05, 0) is 31.6 Å². The van der Waals surface area contributed by atoms with E-state index in [4.69, 9.17) is 4.74 Å². The van der Waals surface area contributed by atoms with E-state index in [-0.39, 0.29) is 5.60 Å². The van der Waals surface area contributed by atoms with Crippen molar-refractivity contribution in [3.8, 4) is 0 Å². The summed E-state index contributed by atoms with van der Waals surface area (Å²) in [6, 6.07) is 0. The van der Waals surface area contributed by atoms with Crippen molar-refractivity contribution in [2.24, 2.45) is 11.8 Å². The van der Waals surface area contributed by atoms with E-state index in [1.165, 1.54) is 32.2 Å². The van der Waals surface area contributed by atoms with E-state index in [0.717, 1.165) is 45.1 Å². The van der Waals surface area contributed by atoms with E-state index in [0.29, 0.717) is 5.92 Å². The lowest BCUT2D eigenvalue weighted by Crippen LogP contribution is -2.54. The fourth-order valence-electron chi connectivity index (χ4n) is 3.90. The van der Waals surface area contributed by atoms with Crippen LogP contribution in [0.5, 0.6) is 0 Å². The summed E-state index contributed by atoms with van der Waals surface area (Å²) in [6.07, 6.45) is 7.03. The first kappa shape index (κ1) is 11.9. The summed E-state index contributed by atoms with van der Waals surface area (Å²) >= 11 is 0. The zero-order valence-corrected chi connectivity index (χ0v) is 10.7. The van der Waals surface area contributed by atoms with Crippen LogP contribution in [0.3, 0.4) is 0 Å². The molecule has 0 amide bonds. The van der Waals surface area contributed by atoms with E-state index in [1.54, 1.807) is 0 Å². The highest BCUT2D eigenvalue weighted by Gasteiger charge is 2.42. The highest BCUT2D eigenvalue weighted by molar-refractivity contribution is 4.95. The molecule has 0 aromatic carbocycles. The number of nitrogens with zero attached hydrogens (tertiary/aromatic N) is 1. The second kappa shape index (κ2) is 4.87. The summed E-state index contributed by atoms with van der Waals surface area (Å²) in [5.41, 5.74) is -0.319. The molecule has 2 saturated heterocycles. The molecule has 2 heterocycles. The lowest BCUT2D eigenvalue weighted by atomic mass is 9.71. The lowest BCUT2D eigenvalue weighted by Gasteiger charge is -2.47. The van der Waals surface area contributed by atoms with Crippen molar-refractivity contribution in [3.05, 3.63) is 0 Å². The van der Waals surface area contributed by atoms with Crippen molar-refractivity contribution < 1.29 is 9.84 Å². The SMILES string of the molecule is OC12CCCCC1CN(CC1CCOC1)CC2. The Morgan fingerprint density at radius 2 is 2.18 bits per heavy atom. The maximum absolute atomic E-state index is 10.6. The summed E-state index contributed by atoms with van der Waals surface area (Å²) in [4.78, 5) is 2.57. The van der Waals surface area contributed by atoms with Gasteiger partial charge in [-0.3, -0.25) is 0 Å². The number of ether oxygens (including phenoxy) is 1. The molecule has 1 saturated carbocycles. The number of hydrogen-bond donors (Lipinski definition) is 1. The van der Waals surface area contributed by atoms with Crippen LogP contribution < -0.4 is 0 Å². The van der Waals surface area contributed by atoms with Gasteiger partial charge in [0.25, 0.3) is 0 Å². The molecule has 0 spiro atoms. The van der Waals surface area contributed by atoms with E-state index >= 15 is 0 Å². The second-order valence-electron chi connectivity index (χ2n) is 6.29. The molecule has 3 aliphatic rings. The molecule has 3 atom stereocenters. The zero-order chi connectivity index (χ0) is 11.7. The van der Waals surface area contributed by atoms with Crippen LogP contribution >= 0.6 is 0 Å². The molecule has 1 aliphatic carbocycles. The summed E-state index contributed by atoms with van der Waals surface area (Å²) in [7, 11) is 0. The molecule has 3 rings (SSSR count). The van der Waals surface area contributed by atoms with Crippen LogP contribution in [0.4, 0.5) is 0 Å². The highest BCUT2D eigenvalue weighted by atomic mass is 16.5. The molecule has 3 unspecified atom stereocenters. The van der Waals surface area contributed by atoms with Gasteiger partial charge in [-0.25, -0.2) is 0 Å². The van der Waals surface area contributed by atoms with Gasteiger partial charge in [0.1, 0.15) is 0 Å². The number of likely N-dealkylation sites (tertiary alicyclic amines) is 1. The topological polar surface area (TPSA) is 32.7 Å². The number of aliphatic hydroxyl groups is 1. The predicted molar refractivity (Wildman–Crippen MR) is 66.9 cm³/mol. The van der Waals surface area contributed by atoms with Gasteiger partial charge in [0, 0.05) is 32.2 Å². The first-order valence-electron chi connectivity index (χ1n) is 7.29. The van der Waals surface area contributed by atoms with Gasteiger partial charge in [-0.2, -0.15) is 0 Å². The molecule has 0 radical (unpaired) electrons. The fourth-order valence-corrected chi connectivity index (χ4v) is 3.90. The van der Waals surface area contributed by atoms with Crippen LogP contribution in [0.1, 0.15) is 38.5 Å². The molecule has 3 nitrogen and oxygen atoms in total. The highest BCUT2D eigenvalue weighted by Crippen LogP contribution is 2.39. The third kappa shape index (κ3) is 2.51. The summed E-state index contributed by atoms with van der Waals surface area (Å²) < 4.78 is 5.45. The van der Waals surface area contributed by atoms with Crippen molar-refractivity contribution in [2.45, 2.75) is 44.1 Å². The Hall–Kier alpha value is -0.120. The Bertz CT molecular complexity index is 265. The van der Waals surface area contributed by atoms with Crippen molar-refractivity contribution >= 4 is 0 Å². The minimum atomic E-state index is -0.319. The normalized spacial score (nSPS) is 43.6. The van der Waals surface area contributed by atoms with E-state index in [1.807, 2.05) is 0 Å². The molecule has 3 heteroatoms. The van der Waals surface area contributed by atoms with E-state index < -0.39 is 0 Å². The average molecular weight is 239 g/mol. The molecular formula is C14H25NO2. The van der Waals surface area contributed by atoms with Crippen LogP contribution in [-0.2, 0) is 4.74 Å². The summed E-state index contributed by atoms with van der Waals surface area (Å²) in [5, 5.41) is 10.6. The Balaban J connectivity index is 1.55. The molecule has 2 aliphatic heterocycles. The summed E-state index contributed by atoms with van der Waals surface area (Å²) in [5.74, 6) is 1.28. The number of piperidine rings is 1. The number of rotatable bonds is 2. The van der Waals surface area contributed by atoms with Crippen LogP contribution in [0.15, 0.2) is 0 Å². The van der Waals surface area contributed by atoms with Gasteiger partial charge in [-0.15, -0.1) is 0 Å². The first-order valence-corrected chi connectivity index (χ1v) is 7.29. The van der Waals surface area contributed by atoms with Crippen molar-refractivity contribution in [1.82, 2.24) is 4.90 Å². The van der Waals surface area contributed by atoms with Gasteiger partial charge < -0.3 is 14.7 Å². The van der Waals surface area contributed by atoms with E-state index in [9.17, 15) is 5.11 Å². The van der Waals surface area contributed by atoms with E-state index in [2.05, 4.69) is 4.90 Å². The van der Waals surface area contributed by atoms with Gasteiger partial charge in [0.2, 0.25) is 0 Å². The maximum Gasteiger partial charge on any atom is 0.0700 e. The third-order valence-corrected chi connectivity index (χ3v) is 5.05. The standard InChI is InChI=1S/C14H25NO2/c16-14-5-2-1-3-13(14)10-15(7-6-14)9-12-4-8-17-11-12/h12-13,16H,1-11H2. The molecule has 3 fully saturated rings. The molecule has 0 bridgehead atoms. The molecule has 0 aromatic rings. The van der Waals surface area contributed by atoms with Gasteiger partial charge in [0.05, 0.1) is 12.2 Å². The summed E-state index contributed by atoms with van der Waals surface area (Å²) in [6.45, 7) is 5.29. The quantitative estimate of drug-likeness (QED) is 0.795. The molecular weight excluding hydrogens is 214 g/mol. The Morgan fingerprint density at radius 1 is 1.24 bits per heavy atom. The van der Waals surface area contributed by atoms with Crippen LogP contribution in [0.2, 0.25) is 0 Å². The Morgan fingerprint density at radius 3 is 3.00 bits per heavy atom. The predicted octanol–water partition coefficient (Wildman–Crippen LogP) is 1.65. The second-order valence-corrected chi connectivity index (χ2v) is 6.29. The van der Waals surface area contributed by atoms with Gasteiger partial charge in [-0.1, -0.05) is 12.8 Å². The molecule has 98 valence electrons. The lowest BCUT2D eigenvalue weighted by molar-refractivity contribution is -0.0971. The Kier molecular flexibility index (Phi) is 3.42. The van der Waals surface area contributed by atoms with Crippen LogP contribution in [-0.4, -0.2) is 48.5 Å². The average Bonchev–Trinajstić information content (AvgIpc) is 2.82. The van der Waals surface area contributed by atoms with Gasteiger partial charge >= 0.3 is 0 Å². The molecule has 0 aromatic heterocycles. The number of fused-ring (bicyclic) bond motifs is 1. The largest absolute Gasteiger partial charge is 0.390 e. The van der Waals surface area contributed by atoms with Crippen LogP contribution in [0, 0.1) is 11.8 Å².